The van der Waals surface area contributed by atoms with Crippen LogP contribution in [0.3, 0.4) is 0 Å². The molecule has 3 N–H and O–H groups in total. The third-order valence-corrected chi connectivity index (χ3v) is 0.957. The number of nitrogens with two attached hydrogens (primary N) is 1. The lowest BCUT2D eigenvalue weighted by atomic mass is 10.4. The molecule has 0 atom stereocenters. The van der Waals surface area contributed by atoms with Crippen LogP contribution in [0.15, 0.2) is 0 Å². The second-order valence-corrected chi connectivity index (χ2v) is 1.46. The number of hydrogen-bond donors (Lipinski definition) is 2. The summed E-state index contributed by atoms with van der Waals surface area (Å²) in [5, 5.41) is 3.22. The molecule has 1 aliphatic rings. The summed E-state index contributed by atoms with van der Waals surface area (Å²) in [6.45, 7) is 2.50. The van der Waals surface area contributed by atoms with Crippen LogP contribution >= 0.6 is 0 Å². The molecule has 0 aliphatic carbocycles. The first-order valence-electron chi connectivity index (χ1n) is 2.78. The smallest absolute Gasteiger partial charge is 0.00484 e. The minimum Gasteiger partial charge on any atom is -0.333 e. The Kier molecular flexibility index (Phi) is 5.85. The van der Waals surface area contributed by atoms with Crippen LogP contribution in [0.5, 0.6) is 0 Å². The van der Waals surface area contributed by atoms with Gasteiger partial charge in [-0.25, -0.2) is 0 Å². The molecule has 0 aromatic rings. The van der Waals surface area contributed by atoms with E-state index in [9.17, 15) is 0 Å². The third-order valence-electron chi connectivity index (χ3n) is 0.957. The fourth-order valence-electron chi connectivity index (χ4n) is 0.625. The Morgan fingerprint density at radius 3 is 1.71 bits per heavy atom. The lowest BCUT2D eigenvalue weighted by Crippen LogP contribution is -2.03. The van der Waals surface area contributed by atoms with Gasteiger partial charge >= 0.3 is 0 Å². The standard InChI is InChI=1S/C4H9N.CH5N/c1-2-4-5-3-1;1-2/h5H,1-4H2;2H2,1H3. The van der Waals surface area contributed by atoms with Crippen molar-refractivity contribution >= 4 is 0 Å². The van der Waals surface area contributed by atoms with Gasteiger partial charge in [-0.3, -0.25) is 0 Å². The zero-order chi connectivity index (χ0) is 5.54. The molecule has 2 heteroatoms. The summed E-state index contributed by atoms with van der Waals surface area (Å²) in [6, 6.07) is 0. The van der Waals surface area contributed by atoms with E-state index in [2.05, 4.69) is 11.1 Å². The molecule has 1 heterocycles. The molecule has 0 saturated carbocycles. The molecule has 0 radical (unpaired) electrons. The van der Waals surface area contributed by atoms with Gasteiger partial charge in [0.05, 0.1) is 0 Å². The molecule has 1 rings (SSSR count). The van der Waals surface area contributed by atoms with Crippen LogP contribution < -0.4 is 11.1 Å². The van der Waals surface area contributed by atoms with Gasteiger partial charge in [-0.15, -0.1) is 0 Å². The lowest BCUT2D eigenvalue weighted by molar-refractivity contribution is 0.857. The molecule has 0 bridgehead atoms. The summed E-state index contributed by atoms with van der Waals surface area (Å²) >= 11 is 0. The highest BCUT2D eigenvalue weighted by Crippen LogP contribution is 1.90. The Labute approximate surface area is 45.1 Å². The molecule has 1 aliphatic heterocycles. The van der Waals surface area contributed by atoms with Crippen molar-refractivity contribution in [2.45, 2.75) is 12.8 Å². The summed E-state index contributed by atoms with van der Waals surface area (Å²) in [5.41, 5.74) is 4.50. The monoisotopic (exact) mass is 102 g/mol. The second kappa shape index (κ2) is 5.92. The SMILES string of the molecule is C1CCNC1.CN. The summed E-state index contributed by atoms with van der Waals surface area (Å²) in [6.07, 6.45) is 2.78. The van der Waals surface area contributed by atoms with E-state index in [0.717, 1.165) is 0 Å². The first kappa shape index (κ1) is 6.92. The maximum atomic E-state index is 4.50. The van der Waals surface area contributed by atoms with Crippen LogP contribution in [-0.4, -0.2) is 20.1 Å². The average Bonchev–Trinajstić information content (AvgIpc) is 2.23. The molecule has 1 saturated heterocycles. The zero-order valence-corrected chi connectivity index (χ0v) is 4.91. The van der Waals surface area contributed by atoms with Gasteiger partial charge in [-0.05, 0) is 33.0 Å². The van der Waals surface area contributed by atoms with Crippen LogP contribution in [0.25, 0.3) is 0 Å². The van der Waals surface area contributed by atoms with E-state index in [1.807, 2.05) is 0 Å². The molecule has 7 heavy (non-hydrogen) atoms. The van der Waals surface area contributed by atoms with E-state index in [4.69, 9.17) is 0 Å². The normalized spacial score (nSPS) is 18.0. The van der Waals surface area contributed by atoms with Crippen LogP contribution in [-0.2, 0) is 0 Å². The van der Waals surface area contributed by atoms with E-state index in [0.29, 0.717) is 0 Å². The van der Waals surface area contributed by atoms with E-state index in [1.165, 1.54) is 33.0 Å². The molecule has 2 nitrogen and oxygen atoms in total. The predicted molar refractivity (Wildman–Crippen MR) is 32.2 cm³/mol. The predicted octanol–water partition coefficient (Wildman–Crippen LogP) is -0.0553. The van der Waals surface area contributed by atoms with Gasteiger partial charge in [0, 0.05) is 0 Å². The molecule has 1 fully saturated rings. The van der Waals surface area contributed by atoms with Crippen molar-refractivity contribution in [2.75, 3.05) is 20.1 Å². The maximum absolute atomic E-state index is 4.50. The fourth-order valence-corrected chi connectivity index (χ4v) is 0.625. The Balaban J connectivity index is 0.000000162. The molecule has 0 unspecified atom stereocenters. The highest BCUT2D eigenvalue weighted by Gasteiger charge is 1.93. The first-order valence-corrected chi connectivity index (χ1v) is 2.78. The van der Waals surface area contributed by atoms with Gasteiger partial charge in [0.2, 0.25) is 0 Å². The molecule has 44 valence electrons. The molecule has 0 spiro atoms. The van der Waals surface area contributed by atoms with E-state index >= 15 is 0 Å². The van der Waals surface area contributed by atoms with Crippen molar-refractivity contribution in [2.24, 2.45) is 5.73 Å². The van der Waals surface area contributed by atoms with Crippen LogP contribution in [0.1, 0.15) is 12.8 Å². The van der Waals surface area contributed by atoms with E-state index < -0.39 is 0 Å². The summed E-state index contributed by atoms with van der Waals surface area (Å²) in [5.74, 6) is 0. The highest BCUT2D eigenvalue weighted by atomic mass is 14.9. The van der Waals surface area contributed by atoms with Crippen molar-refractivity contribution in [3.63, 3.8) is 0 Å². The minimum absolute atomic E-state index is 1.25. The molecular formula is C5H14N2. The van der Waals surface area contributed by atoms with Gasteiger partial charge < -0.3 is 11.1 Å². The largest absolute Gasteiger partial charge is 0.333 e. The van der Waals surface area contributed by atoms with Gasteiger partial charge in [0.25, 0.3) is 0 Å². The summed E-state index contributed by atoms with van der Waals surface area (Å²) < 4.78 is 0. The average molecular weight is 102 g/mol. The summed E-state index contributed by atoms with van der Waals surface area (Å²) in [7, 11) is 1.50. The third kappa shape index (κ3) is 3.76. The Morgan fingerprint density at radius 2 is 1.57 bits per heavy atom. The zero-order valence-electron chi connectivity index (χ0n) is 4.91. The van der Waals surface area contributed by atoms with Crippen molar-refractivity contribution < 1.29 is 0 Å². The lowest BCUT2D eigenvalue weighted by Gasteiger charge is -1.76. The van der Waals surface area contributed by atoms with Crippen LogP contribution in [0, 0.1) is 0 Å². The maximum Gasteiger partial charge on any atom is -0.00484 e. The van der Waals surface area contributed by atoms with E-state index in [-0.39, 0.29) is 0 Å². The Hall–Kier alpha value is -0.0800. The van der Waals surface area contributed by atoms with Gasteiger partial charge in [0.1, 0.15) is 0 Å². The number of hydrogen-bond acceptors (Lipinski definition) is 2. The number of nitrogens with one attached hydrogen (secondary N) is 1. The number of rotatable bonds is 0. The van der Waals surface area contributed by atoms with E-state index in [1.54, 1.807) is 0 Å². The molecule has 0 aromatic carbocycles. The van der Waals surface area contributed by atoms with Gasteiger partial charge in [-0.2, -0.15) is 0 Å². The van der Waals surface area contributed by atoms with Crippen molar-refractivity contribution in [3.8, 4) is 0 Å². The highest BCUT2D eigenvalue weighted by molar-refractivity contribution is 4.55. The first-order chi connectivity index (χ1) is 3.50. The topological polar surface area (TPSA) is 38.0 Å². The van der Waals surface area contributed by atoms with Crippen LogP contribution in [0.4, 0.5) is 0 Å². The summed E-state index contributed by atoms with van der Waals surface area (Å²) in [4.78, 5) is 0. The van der Waals surface area contributed by atoms with Gasteiger partial charge in [0.15, 0.2) is 0 Å². The van der Waals surface area contributed by atoms with Crippen molar-refractivity contribution in [1.29, 1.82) is 0 Å². The second-order valence-electron chi connectivity index (χ2n) is 1.46. The molecule has 0 aromatic heterocycles. The minimum atomic E-state index is 1.25. The quantitative estimate of drug-likeness (QED) is 0.450. The van der Waals surface area contributed by atoms with Crippen LogP contribution in [0.2, 0.25) is 0 Å². The Morgan fingerprint density at radius 1 is 1.14 bits per heavy atom. The van der Waals surface area contributed by atoms with Crippen molar-refractivity contribution in [1.82, 2.24) is 5.32 Å². The molecule has 0 amide bonds. The molecular weight excluding hydrogens is 88.1 g/mol. The van der Waals surface area contributed by atoms with Gasteiger partial charge in [-0.1, -0.05) is 0 Å². The fraction of sp³-hybridized carbons (Fsp3) is 1.00. The Bertz CT molecular complexity index is 17.7. The van der Waals surface area contributed by atoms with Crippen molar-refractivity contribution in [3.05, 3.63) is 0 Å².